The van der Waals surface area contributed by atoms with Crippen molar-refractivity contribution in [1.29, 1.82) is 0 Å². The van der Waals surface area contributed by atoms with Crippen LogP contribution in [0.25, 0.3) is 0 Å². The number of carbonyl (C=O) groups excluding carboxylic acids is 2. The van der Waals surface area contributed by atoms with Crippen molar-refractivity contribution in [3.63, 3.8) is 0 Å². The van der Waals surface area contributed by atoms with Gasteiger partial charge in [-0.3, -0.25) is 9.59 Å². The lowest BCUT2D eigenvalue weighted by Gasteiger charge is -2.22. The van der Waals surface area contributed by atoms with Crippen LogP contribution in [0.3, 0.4) is 0 Å². The van der Waals surface area contributed by atoms with Crippen molar-refractivity contribution in [1.82, 2.24) is 0 Å². The van der Waals surface area contributed by atoms with Crippen LogP contribution in [0.2, 0.25) is 0 Å². The maximum absolute atomic E-state index is 13.2. The molecule has 1 aliphatic rings. The molecular formula is C20H21FN2O4S2. The van der Waals surface area contributed by atoms with Gasteiger partial charge in [-0.2, -0.15) is 0 Å². The first-order chi connectivity index (χ1) is 13.6. The minimum Gasteiger partial charge on any atom is -0.326 e. The van der Waals surface area contributed by atoms with Gasteiger partial charge in [0.05, 0.1) is 21.1 Å². The zero-order valence-corrected chi connectivity index (χ0v) is 17.8. The smallest absolute Gasteiger partial charge is 0.237 e. The van der Waals surface area contributed by atoms with Gasteiger partial charge in [0.2, 0.25) is 11.8 Å². The van der Waals surface area contributed by atoms with E-state index in [1.807, 2.05) is 0 Å². The van der Waals surface area contributed by atoms with Crippen LogP contribution < -0.4 is 10.6 Å². The first-order valence-corrected chi connectivity index (χ1v) is 11.4. The van der Waals surface area contributed by atoms with E-state index in [0.29, 0.717) is 21.8 Å². The zero-order valence-electron chi connectivity index (χ0n) is 16.2. The van der Waals surface area contributed by atoms with E-state index < -0.39 is 26.8 Å². The van der Waals surface area contributed by atoms with Gasteiger partial charge < -0.3 is 10.6 Å². The topological polar surface area (TPSA) is 92.3 Å². The molecule has 154 valence electrons. The highest BCUT2D eigenvalue weighted by molar-refractivity contribution is 8.01. The van der Waals surface area contributed by atoms with Crippen LogP contribution in [0, 0.1) is 12.7 Å². The Morgan fingerprint density at radius 3 is 2.69 bits per heavy atom. The quantitative estimate of drug-likeness (QED) is 0.745. The van der Waals surface area contributed by atoms with Gasteiger partial charge in [0.25, 0.3) is 0 Å². The normalized spacial score (nSPS) is 17.2. The third-order valence-corrected chi connectivity index (χ3v) is 7.97. The Hall–Kier alpha value is -2.39. The molecule has 3 rings (SSSR count). The number of anilines is 2. The number of nitrogens with one attached hydrogen (secondary N) is 2. The Labute approximate surface area is 173 Å². The number of hydrogen-bond acceptors (Lipinski definition) is 5. The second-order valence-corrected chi connectivity index (χ2v) is 10.7. The predicted molar refractivity (Wildman–Crippen MR) is 111 cm³/mol. The molecule has 0 aromatic heterocycles. The summed E-state index contributed by atoms with van der Waals surface area (Å²) in [5, 5.41) is 4.10. The molecular weight excluding hydrogens is 415 g/mol. The van der Waals surface area contributed by atoms with Crippen molar-refractivity contribution in [2.45, 2.75) is 47.5 Å². The number of carbonyl (C=O) groups is 2. The summed E-state index contributed by atoms with van der Waals surface area (Å²) >= 11 is 1.29. The highest BCUT2D eigenvalue weighted by atomic mass is 32.2. The van der Waals surface area contributed by atoms with Gasteiger partial charge in [0.1, 0.15) is 5.82 Å². The molecule has 0 radical (unpaired) electrons. The number of halogens is 1. The van der Waals surface area contributed by atoms with E-state index in [9.17, 15) is 22.4 Å². The van der Waals surface area contributed by atoms with Crippen molar-refractivity contribution in [3.05, 3.63) is 47.8 Å². The van der Waals surface area contributed by atoms with E-state index in [1.54, 1.807) is 19.9 Å². The van der Waals surface area contributed by atoms with Crippen molar-refractivity contribution in [2.75, 3.05) is 10.6 Å². The van der Waals surface area contributed by atoms with Crippen LogP contribution >= 0.6 is 11.8 Å². The highest BCUT2D eigenvalue weighted by Crippen LogP contribution is 2.37. The van der Waals surface area contributed by atoms with Crippen LogP contribution in [0.15, 0.2) is 46.2 Å². The first-order valence-electron chi connectivity index (χ1n) is 8.99. The molecule has 2 atom stereocenters. The number of rotatable bonds is 5. The molecule has 0 bridgehead atoms. The minimum atomic E-state index is -3.75. The fourth-order valence-corrected chi connectivity index (χ4v) is 5.37. The molecule has 2 N–H and O–H groups in total. The Balaban J connectivity index is 1.74. The molecule has 0 saturated heterocycles. The number of sulfone groups is 1. The number of thioether (sulfide) groups is 1. The van der Waals surface area contributed by atoms with E-state index >= 15 is 0 Å². The van der Waals surface area contributed by atoms with Gasteiger partial charge in [-0.05, 0) is 62.7 Å². The SMILES string of the molecule is Cc1cc(F)ccc1NC(=O)CC(C)S(=O)(=O)c1ccc2c(c1)SC(C)C(=O)N2. The molecule has 6 nitrogen and oxygen atoms in total. The third kappa shape index (κ3) is 4.62. The summed E-state index contributed by atoms with van der Waals surface area (Å²) in [6, 6.07) is 8.49. The van der Waals surface area contributed by atoms with Crippen molar-refractivity contribution in [3.8, 4) is 0 Å². The molecule has 29 heavy (non-hydrogen) atoms. The van der Waals surface area contributed by atoms with Gasteiger partial charge in [0.15, 0.2) is 9.84 Å². The van der Waals surface area contributed by atoms with Gasteiger partial charge in [-0.15, -0.1) is 11.8 Å². The number of fused-ring (bicyclic) bond motifs is 1. The molecule has 2 unspecified atom stereocenters. The zero-order chi connectivity index (χ0) is 21.3. The minimum absolute atomic E-state index is 0.102. The lowest BCUT2D eigenvalue weighted by Crippen LogP contribution is -2.27. The van der Waals surface area contributed by atoms with Gasteiger partial charge >= 0.3 is 0 Å². The van der Waals surface area contributed by atoms with Crippen LogP contribution in [0.5, 0.6) is 0 Å². The molecule has 0 saturated carbocycles. The van der Waals surface area contributed by atoms with E-state index in [0.717, 1.165) is 0 Å². The number of amides is 2. The molecule has 0 fully saturated rings. The third-order valence-electron chi connectivity index (χ3n) is 4.68. The fourth-order valence-electron chi connectivity index (χ4n) is 2.93. The summed E-state index contributed by atoms with van der Waals surface area (Å²) in [6.07, 6.45) is -0.240. The van der Waals surface area contributed by atoms with Crippen molar-refractivity contribution < 1.29 is 22.4 Å². The highest BCUT2D eigenvalue weighted by Gasteiger charge is 2.29. The maximum Gasteiger partial charge on any atom is 0.237 e. The lowest BCUT2D eigenvalue weighted by molar-refractivity contribution is -0.116. The average molecular weight is 437 g/mol. The average Bonchev–Trinajstić information content (AvgIpc) is 2.64. The van der Waals surface area contributed by atoms with Crippen molar-refractivity contribution in [2.24, 2.45) is 0 Å². The van der Waals surface area contributed by atoms with E-state index in [4.69, 9.17) is 0 Å². The lowest BCUT2D eigenvalue weighted by atomic mass is 10.2. The predicted octanol–water partition coefficient (Wildman–Crippen LogP) is 3.76. The van der Waals surface area contributed by atoms with Crippen LogP contribution in [0.4, 0.5) is 15.8 Å². The molecule has 1 aliphatic heterocycles. The summed E-state index contributed by atoms with van der Waals surface area (Å²) in [5.41, 5.74) is 1.57. The molecule has 2 amide bonds. The fraction of sp³-hybridized carbons (Fsp3) is 0.300. The Morgan fingerprint density at radius 1 is 1.28 bits per heavy atom. The monoisotopic (exact) mass is 436 g/mol. The summed E-state index contributed by atoms with van der Waals surface area (Å²) in [7, 11) is -3.75. The molecule has 0 spiro atoms. The van der Waals surface area contributed by atoms with Gasteiger partial charge in [-0.25, -0.2) is 12.8 Å². The maximum atomic E-state index is 13.2. The first kappa shape index (κ1) is 21.3. The van der Waals surface area contributed by atoms with Crippen LogP contribution in [-0.4, -0.2) is 30.7 Å². The van der Waals surface area contributed by atoms with Gasteiger partial charge in [-0.1, -0.05) is 0 Å². The molecule has 2 aromatic rings. The summed E-state index contributed by atoms with van der Waals surface area (Å²) in [5.74, 6) is -1.00. The number of hydrogen-bond donors (Lipinski definition) is 2. The van der Waals surface area contributed by atoms with E-state index in [1.165, 1.54) is 49.0 Å². The van der Waals surface area contributed by atoms with Crippen molar-refractivity contribution >= 4 is 44.8 Å². The molecule has 0 aliphatic carbocycles. The molecule has 1 heterocycles. The summed E-state index contributed by atoms with van der Waals surface area (Å²) in [4.78, 5) is 24.9. The van der Waals surface area contributed by atoms with Gasteiger partial charge in [0, 0.05) is 17.0 Å². The molecule has 9 heteroatoms. The largest absolute Gasteiger partial charge is 0.326 e. The number of benzene rings is 2. The molecule has 2 aromatic carbocycles. The standard InChI is InChI=1S/C20H21FN2O4S2/c1-11-8-14(21)4-6-16(11)22-19(24)9-12(2)29(26,27)15-5-7-17-18(10-15)28-13(3)20(25)23-17/h4-8,10,12-13H,9H2,1-3H3,(H,22,24)(H,23,25). The summed E-state index contributed by atoms with van der Waals surface area (Å²) in [6.45, 7) is 4.88. The number of aryl methyl sites for hydroxylation is 1. The van der Waals surface area contributed by atoms with Crippen LogP contribution in [-0.2, 0) is 19.4 Å². The Kier molecular flexibility index (Phi) is 6.00. The summed E-state index contributed by atoms with van der Waals surface area (Å²) < 4.78 is 39.1. The van der Waals surface area contributed by atoms with E-state index in [2.05, 4.69) is 10.6 Å². The van der Waals surface area contributed by atoms with E-state index in [-0.39, 0.29) is 22.5 Å². The Bertz CT molecular complexity index is 1090. The van der Waals surface area contributed by atoms with Crippen LogP contribution in [0.1, 0.15) is 25.8 Å². The second kappa shape index (κ2) is 8.16. The Morgan fingerprint density at radius 2 is 2.00 bits per heavy atom. The second-order valence-electron chi connectivity index (χ2n) is 6.97.